The standard InChI is InChI=1S/C14H26N6O.HI/c1-6-12-11(10-20(5)18-12)8-16-14(15-7-2)17-9-13(21)19(3)4;/h10H,6-9H2,1-5H3,(H2,15,16,17);1H. The number of rotatable bonds is 6. The molecule has 2 N–H and O–H groups in total. The highest BCUT2D eigenvalue weighted by atomic mass is 127. The summed E-state index contributed by atoms with van der Waals surface area (Å²) in [4.78, 5) is 17.7. The van der Waals surface area contributed by atoms with E-state index < -0.39 is 0 Å². The third-order valence-corrected chi connectivity index (χ3v) is 2.98. The summed E-state index contributed by atoms with van der Waals surface area (Å²) < 4.78 is 1.81. The van der Waals surface area contributed by atoms with Gasteiger partial charge in [0.05, 0.1) is 18.8 Å². The van der Waals surface area contributed by atoms with Gasteiger partial charge in [0.2, 0.25) is 5.91 Å². The molecule has 8 heteroatoms. The van der Waals surface area contributed by atoms with Gasteiger partial charge >= 0.3 is 0 Å². The molecular formula is C14H27IN6O. The van der Waals surface area contributed by atoms with E-state index >= 15 is 0 Å². The van der Waals surface area contributed by atoms with Crippen LogP contribution in [0.1, 0.15) is 25.1 Å². The van der Waals surface area contributed by atoms with Gasteiger partial charge in [-0.15, -0.1) is 24.0 Å². The number of hydrogen-bond donors (Lipinski definition) is 2. The first kappa shape index (κ1) is 20.7. The number of carbonyl (C=O) groups is 1. The van der Waals surface area contributed by atoms with E-state index in [1.807, 2.05) is 20.2 Å². The molecule has 0 saturated heterocycles. The Labute approximate surface area is 149 Å². The lowest BCUT2D eigenvalue weighted by Gasteiger charge is -2.14. The Morgan fingerprint density at radius 3 is 2.59 bits per heavy atom. The molecule has 0 radical (unpaired) electrons. The number of aromatic nitrogens is 2. The average Bonchev–Trinajstić information content (AvgIpc) is 2.81. The van der Waals surface area contributed by atoms with Gasteiger partial charge < -0.3 is 15.5 Å². The lowest BCUT2D eigenvalue weighted by atomic mass is 10.2. The second-order valence-corrected chi connectivity index (χ2v) is 4.97. The van der Waals surface area contributed by atoms with Crippen LogP contribution >= 0.6 is 24.0 Å². The first-order valence-electron chi connectivity index (χ1n) is 7.21. The molecule has 0 aliphatic rings. The maximum absolute atomic E-state index is 11.6. The normalized spacial score (nSPS) is 10.9. The van der Waals surface area contributed by atoms with E-state index in [0.717, 1.165) is 24.2 Å². The van der Waals surface area contributed by atoms with Gasteiger partial charge in [0, 0.05) is 39.4 Å². The van der Waals surface area contributed by atoms with Crippen LogP contribution in [0.5, 0.6) is 0 Å². The summed E-state index contributed by atoms with van der Waals surface area (Å²) in [6, 6.07) is 0. The lowest BCUT2D eigenvalue weighted by molar-refractivity contribution is -0.127. The minimum absolute atomic E-state index is 0. The zero-order valence-electron chi connectivity index (χ0n) is 14.0. The summed E-state index contributed by atoms with van der Waals surface area (Å²) in [5.41, 5.74) is 2.16. The van der Waals surface area contributed by atoms with Crippen LogP contribution in [0.4, 0.5) is 0 Å². The van der Waals surface area contributed by atoms with Gasteiger partial charge in [-0.05, 0) is 13.3 Å². The Bertz CT molecular complexity index is 498. The van der Waals surface area contributed by atoms with E-state index in [-0.39, 0.29) is 36.4 Å². The Morgan fingerprint density at radius 2 is 2.05 bits per heavy atom. The summed E-state index contributed by atoms with van der Waals surface area (Å²) in [5.74, 6) is 0.648. The molecule has 126 valence electrons. The number of aryl methyl sites for hydroxylation is 2. The molecule has 1 heterocycles. The van der Waals surface area contributed by atoms with Gasteiger partial charge in [-0.1, -0.05) is 6.92 Å². The first-order valence-corrected chi connectivity index (χ1v) is 7.21. The van der Waals surface area contributed by atoms with Gasteiger partial charge in [0.15, 0.2) is 5.96 Å². The van der Waals surface area contributed by atoms with Crippen LogP contribution in [0, 0.1) is 0 Å². The third kappa shape index (κ3) is 6.63. The Morgan fingerprint density at radius 1 is 1.36 bits per heavy atom. The van der Waals surface area contributed by atoms with E-state index in [1.54, 1.807) is 23.7 Å². The minimum Gasteiger partial charge on any atom is -0.357 e. The number of aliphatic imine (C=N–C) groups is 1. The molecule has 0 aliphatic carbocycles. The first-order chi connectivity index (χ1) is 9.97. The fraction of sp³-hybridized carbons (Fsp3) is 0.643. The van der Waals surface area contributed by atoms with Crippen molar-refractivity contribution in [3.63, 3.8) is 0 Å². The summed E-state index contributed by atoms with van der Waals surface area (Å²) in [6.07, 6.45) is 2.87. The number of nitrogens with zero attached hydrogens (tertiary/aromatic N) is 4. The number of nitrogens with one attached hydrogen (secondary N) is 2. The highest BCUT2D eigenvalue weighted by Crippen LogP contribution is 2.08. The zero-order valence-corrected chi connectivity index (χ0v) is 16.3. The molecule has 7 nitrogen and oxygen atoms in total. The third-order valence-electron chi connectivity index (χ3n) is 2.98. The summed E-state index contributed by atoms with van der Waals surface area (Å²) in [5, 5.41) is 10.6. The molecule has 0 unspecified atom stereocenters. The van der Waals surface area contributed by atoms with Crippen molar-refractivity contribution in [3.8, 4) is 0 Å². The fourth-order valence-corrected chi connectivity index (χ4v) is 1.84. The molecule has 0 spiro atoms. The zero-order chi connectivity index (χ0) is 15.8. The minimum atomic E-state index is 0. The number of amides is 1. The van der Waals surface area contributed by atoms with Crippen molar-refractivity contribution in [2.45, 2.75) is 26.8 Å². The molecule has 0 bridgehead atoms. The Hall–Kier alpha value is -1.32. The van der Waals surface area contributed by atoms with Crippen molar-refractivity contribution in [1.29, 1.82) is 0 Å². The number of halogens is 1. The SMILES string of the molecule is CCNC(=NCc1cn(C)nc1CC)NCC(=O)N(C)C.I. The topological polar surface area (TPSA) is 74.5 Å². The number of guanidine groups is 1. The molecule has 0 aromatic carbocycles. The molecule has 0 saturated carbocycles. The van der Waals surface area contributed by atoms with E-state index in [0.29, 0.717) is 12.5 Å². The Kier molecular flexibility index (Phi) is 9.79. The smallest absolute Gasteiger partial charge is 0.241 e. The van der Waals surface area contributed by atoms with Crippen molar-refractivity contribution in [2.75, 3.05) is 27.2 Å². The largest absolute Gasteiger partial charge is 0.357 e. The van der Waals surface area contributed by atoms with Gasteiger partial charge in [0.1, 0.15) is 0 Å². The Balaban J connectivity index is 0.00000441. The second kappa shape index (κ2) is 10.4. The maximum Gasteiger partial charge on any atom is 0.241 e. The van der Waals surface area contributed by atoms with E-state index in [4.69, 9.17) is 0 Å². The highest BCUT2D eigenvalue weighted by Gasteiger charge is 2.07. The van der Waals surface area contributed by atoms with Crippen LogP contribution in [-0.2, 0) is 24.8 Å². The average molecular weight is 422 g/mol. The van der Waals surface area contributed by atoms with Crippen LogP contribution in [0.15, 0.2) is 11.2 Å². The summed E-state index contributed by atoms with van der Waals surface area (Å²) in [7, 11) is 5.38. The van der Waals surface area contributed by atoms with Crippen LogP contribution in [0.3, 0.4) is 0 Å². The summed E-state index contributed by atoms with van der Waals surface area (Å²) in [6.45, 7) is 5.59. The molecule has 22 heavy (non-hydrogen) atoms. The van der Waals surface area contributed by atoms with Crippen molar-refractivity contribution in [3.05, 3.63) is 17.5 Å². The second-order valence-electron chi connectivity index (χ2n) is 4.97. The monoisotopic (exact) mass is 422 g/mol. The van der Waals surface area contributed by atoms with E-state index in [1.165, 1.54) is 0 Å². The lowest BCUT2D eigenvalue weighted by Crippen LogP contribution is -2.42. The maximum atomic E-state index is 11.6. The van der Waals surface area contributed by atoms with Crippen LogP contribution in [-0.4, -0.2) is 53.7 Å². The molecule has 0 aliphatic heterocycles. The predicted octanol–water partition coefficient (Wildman–Crippen LogP) is 0.744. The van der Waals surface area contributed by atoms with Crippen molar-refractivity contribution in [1.82, 2.24) is 25.3 Å². The van der Waals surface area contributed by atoms with E-state index in [9.17, 15) is 4.79 Å². The molecular weight excluding hydrogens is 395 g/mol. The van der Waals surface area contributed by atoms with E-state index in [2.05, 4.69) is 27.6 Å². The quantitative estimate of drug-likeness (QED) is 0.403. The van der Waals surface area contributed by atoms with Gasteiger partial charge in [-0.2, -0.15) is 5.10 Å². The fourth-order valence-electron chi connectivity index (χ4n) is 1.84. The van der Waals surface area contributed by atoms with Crippen molar-refractivity contribution in [2.24, 2.45) is 12.0 Å². The van der Waals surface area contributed by atoms with Crippen LogP contribution in [0.2, 0.25) is 0 Å². The molecule has 1 amide bonds. The van der Waals surface area contributed by atoms with Crippen LogP contribution < -0.4 is 10.6 Å². The molecule has 1 aromatic rings. The predicted molar refractivity (Wildman–Crippen MR) is 99.5 cm³/mol. The van der Waals surface area contributed by atoms with Crippen molar-refractivity contribution >= 4 is 35.8 Å². The number of carbonyl (C=O) groups excluding carboxylic acids is 1. The highest BCUT2D eigenvalue weighted by molar-refractivity contribution is 14.0. The van der Waals surface area contributed by atoms with Gasteiger partial charge in [0.25, 0.3) is 0 Å². The van der Waals surface area contributed by atoms with Gasteiger partial charge in [-0.3, -0.25) is 9.48 Å². The molecule has 1 rings (SSSR count). The summed E-state index contributed by atoms with van der Waals surface area (Å²) >= 11 is 0. The number of hydrogen-bond acceptors (Lipinski definition) is 3. The number of likely N-dealkylation sites (N-methyl/N-ethyl adjacent to an activating group) is 1. The molecule has 1 aromatic heterocycles. The molecule has 0 fully saturated rings. The molecule has 0 atom stereocenters. The van der Waals surface area contributed by atoms with Crippen LogP contribution in [0.25, 0.3) is 0 Å². The van der Waals surface area contributed by atoms with Crippen molar-refractivity contribution < 1.29 is 4.79 Å². The van der Waals surface area contributed by atoms with Gasteiger partial charge in [-0.25, -0.2) is 4.99 Å².